The third kappa shape index (κ3) is 3.94. The van der Waals surface area contributed by atoms with Gasteiger partial charge in [0, 0.05) is 57.5 Å². The summed E-state index contributed by atoms with van der Waals surface area (Å²) in [6.07, 6.45) is 7.04. The van der Waals surface area contributed by atoms with Gasteiger partial charge in [-0.1, -0.05) is 13.8 Å². The average molecular weight is 346 g/mol. The predicted molar refractivity (Wildman–Crippen MR) is 97.1 cm³/mol. The fraction of sp³-hybridized carbons (Fsp3) is 0.737. The summed E-state index contributed by atoms with van der Waals surface area (Å²) < 4.78 is 0. The van der Waals surface area contributed by atoms with E-state index in [0.717, 1.165) is 51.4 Å². The summed E-state index contributed by atoms with van der Waals surface area (Å²) in [4.78, 5) is 25.3. The summed E-state index contributed by atoms with van der Waals surface area (Å²) in [6, 6.07) is 1.82. The molecule has 2 fully saturated rings. The Morgan fingerprint density at radius 3 is 2.60 bits per heavy atom. The molecule has 0 saturated carbocycles. The van der Waals surface area contributed by atoms with Crippen LogP contribution in [0.4, 0.5) is 5.95 Å². The molecule has 6 nitrogen and oxygen atoms in total. The molecular formula is C19H30N4O2. The number of hydrogen-bond acceptors (Lipinski definition) is 5. The predicted octanol–water partition coefficient (Wildman–Crippen LogP) is 1.95. The van der Waals surface area contributed by atoms with E-state index < -0.39 is 0 Å². The van der Waals surface area contributed by atoms with Crippen molar-refractivity contribution < 1.29 is 9.90 Å². The highest BCUT2D eigenvalue weighted by molar-refractivity contribution is 5.76. The number of aliphatic hydroxyl groups excluding tert-OH is 1. The second-order valence-electron chi connectivity index (χ2n) is 7.98. The van der Waals surface area contributed by atoms with Gasteiger partial charge in [0.2, 0.25) is 11.9 Å². The molecule has 1 N–H and O–H groups in total. The number of anilines is 1. The molecule has 1 amide bonds. The van der Waals surface area contributed by atoms with Crippen LogP contribution in [0.25, 0.3) is 0 Å². The Bertz CT molecular complexity index is 570. The van der Waals surface area contributed by atoms with Crippen LogP contribution in [0.15, 0.2) is 18.5 Å². The van der Waals surface area contributed by atoms with Gasteiger partial charge in [-0.25, -0.2) is 9.97 Å². The van der Waals surface area contributed by atoms with Gasteiger partial charge in [0.1, 0.15) is 0 Å². The first kappa shape index (κ1) is 18.1. The molecule has 25 heavy (non-hydrogen) atoms. The molecule has 0 aliphatic carbocycles. The van der Waals surface area contributed by atoms with Crippen LogP contribution in [-0.4, -0.2) is 58.7 Å². The van der Waals surface area contributed by atoms with E-state index in [4.69, 9.17) is 0 Å². The topological polar surface area (TPSA) is 69.6 Å². The Labute approximate surface area is 150 Å². The van der Waals surface area contributed by atoms with E-state index in [9.17, 15) is 9.90 Å². The molecule has 1 aromatic rings. The van der Waals surface area contributed by atoms with Crippen molar-refractivity contribution in [3.63, 3.8) is 0 Å². The fourth-order valence-corrected chi connectivity index (χ4v) is 4.23. The Kier molecular flexibility index (Phi) is 5.57. The zero-order chi connectivity index (χ0) is 17.9. The summed E-state index contributed by atoms with van der Waals surface area (Å²) in [7, 11) is 0. The highest BCUT2D eigenvalue weighted by atomic mass is 16.3. The summed E-state index contributed by atoms with van der Waals surface area (Å²) >= 11 is 0. The van der Waals surface area contributed by atoms with Crippen molar-refractivity contribution in [2.75, 3.05) is 37.7 Å². The molecule has 6 heteroatoms. The first-order chi connectivity index (χ1) is 12.0. The van der Waals surface area contributed by atoms with Crippen molar-refractivity contribution >= 4 is 11.9 Å². The molecule has 1 unspecified atom stereocenters. The first-order valence-electron chi connectivity index (χ1n) is 9.45. The highest BCUT2D eigenvalue weighted by Gasteiger charge is 2.48. The molecule has 2 aliphatic heterocycles. The quantitative estimate of drug-likeness (QED) is 0.882. The molecule has 2 aliphatic rings. The molecule has 0 radical (unpaired) electrons. The molecular weight excluding hydrogens is 316 g/mol. The fourth-order valence-electron chi connectivity index (χ4n) is 4.23. The Hall–Kier alpha value is -1.69. The largest absolute Gasteiger partial charge is 0.396 e. The number of aliphatic hydroxyl groups is 1. The summed E-state index contributed by atoms with van der Waals surface area (Å²) in [5, 5.41) is 9.92. The van der Waals surface area contributed by atoms with Crippen LogP contribution in [0.5, 0.6) is 0 Å². The highest BCUT2D eigenvalue weighted by Crippen LogP contribution is 2.45. The summed E-state index contributed by atoms with van der Waals surface area (Å²) in [5.41, 5.74) is 0.0722. The van der Waals surface area contributed by atoms with Gasteiger partial charge >= 0.3 is 0 Å². The lowest BCUT2D eigenvalue weighted by atomic mass is 9.71. The Balaban J connectivity index is 1.62. The minimum Gasteiger partial charge on any atom is -0.396 e. The van der Waals surface area contributed by atoms with E-state index in [1.54, 1.807) is 12.4 Å². The molecule has 1 atom stereocenters. The van der Waals surface area contributed by atoms with E-state index >= 15 is 0 Å². The SMILES string of the molecule is CC(C)CCC(=O)N1CCC2(CC1)CN(c1ncccn1)CC2CO. The van der Waals surface area contributed by atoms with Crippen LogP contribution in [0.3, 0.4) is 0 Å². The zero-order valence-electron chi connectivity index (χ0n) is 15.4. The monoisotopic (exact) mass is 346 g/mol. The Morgan fingerprint density at radius 1 is 1.32 bits per heavy atom. The van der Waals surface area contributed by atoms with Crippen molar-refractivity contribution in [1.29, 1.82) is 0 Å². The number of likely N-dealkylation sites (tertiary alicyclic amines) is 1. The molecule has 3 heterocycles. The average Bonchev–Trinajstić information content (AvgIpc) is 2.99. The van der Waals surface area contributed by atoms with E-state index in [1.165, 1.54) is 0 Å². The van der Waals surface area contributed by atoms with E-state index in [-0.39, 0.29) is 23.8 Å². The van der Waals surface area contributed by atoms with Crippen LogP contribution >= 0.6 is 0 Å². The molecule has 3 rings (SSSR count). The van der Waals surface area contributed by atoms with Crippen molar-refractivity contribution in [2.45, 2.75) is 39.5 Å². The van der Waals surface area contributed by atoms with Crippen LogP contribution in [0, 0.1) is 17.3 Å². The van der Waals surface area contributed by atoms with E-state index in [0.29, 0.717) is 12.3 Å². The zero-order valence-corrected chi connectivity index (χ0v) is 15.4. The maximum Gasteiger partial charge on any atom is 0.225 e. The molecule has 1 aromatic heterocycles. The molecule has 138 valence electrons. The second kappa shape index (κ2) is 7.68. The van der Waals surface area contributed by atoms with Crippen LogP contribution < -0.4 is 4.90 Å². The van der Waals surface area contributed by atoms with Gasteiger partial charge in [-0.3, -0.25) is 4.79 Å². The van der Waals surface area contributed by atoms with Gasteiger partial charge in [-0.05, 0) is 36.7 Å². The van der Waals surface area contributed by atoms with Crippen LogP contribution in [0.2, 0.25) is 0 Å². The second-order valence-corrected chi connectivity index (χ2v) is 7.98. The summed E-state index contributed by atoms with van der Waals surface area (Å²) in [5.74, 6) is 1.82. The molecule has 1 spiro atoms. The van der Waals surface area contributed by atoms with Gasteiger partial charge < -0.3 is 14.9 Å². The lowest BCUT2D eigenvalue weighted by Crippen LogP contribution is -2.47. The van der Waals surface area contributed by atoms with Gasteiger partial charge in [0.05, 0.1) is 0 Å². The van der Waals surface area contributed by atoms with Gasteiger partial charge in [-0.2, -0.15) is 0 Å². The Morgan fingerprint density at radius 2 is 2.00 bits per heavy atom. The third-order valence-corrected chi connectivity index (χ3v) is 5.92. The van der Waals surface area contributed by atoms with Crippen molar-refractivity contribution in [2.24, 2.45) is 17.3 Å². The van der Waals surface area contributed by atoms with Crippen molar-refractivity contribution in [3.05, 3.63) is 18.5 Å². The van der Waals surface area contributed by atoms with Crippen molar-refractivity contribution in [3.8, 4) is 0 Å². The number of hydrogen-bond donors (Lipinski definition) is 1. The van der Waals surface area contributed by atoms with Crippen molar-refractivity contribution in [1.82, 2.24) is 14.9 Å². The third-order valence-electron chi connectivity index (χ3n) is 5.92. The lowest BCUT2D eigenvalue weighted by molar-refractivity contribution is -0.134. The van der Waals surface area contributed by atoms with Crippen LogP contribution in [-0.2, 0) is 4.79 Å². The molecule has 0 bridgehead atoms. The standard InChI is InChI=1S/C19H30N4O2/c1-15(2)4-5-17(25)22-10-6-19(7-11-22)14-23(12-16(19)13-24)18-20-8-3-9-21-18/h3,8-9,15-16,24H,4-7,10-14H2,1-2H3. The first-order valence-corrected chi connectivity index (χ1v) is 9.45. The van der Waals surface area contributed by atoms with Gasteiger partial charge in [-0.15, -0.1) is 0 Å². The number of carbonyl (C=O) groups excluding carboxylic acids is 1. The van der Waals surface area contributed by atoms with E-state index in [2.05, 4.69) is 28.7 Å². The number of piperidine rings is 1. The molecule has 2 saturated heterocycles. The van der Waals surface area contributed by atoms with Gasteiger partial charge in [0.25, 0.3) is 0 Å². The molecule has 0 aromatic carbocycles. The lowest BCUT2D eigenvalue weighted by Gasteiger charge is -2.42. The minimum atomic E-state index is 0.0722. The minimum absolute atomic E-state index is 0.0722. The number of rotatable bonds is 5. The normalized spacial score (nSPS) is 22.8. The summed E-state index contributed by atoms with van der Waals surface area (Å²) in [6.45, 7) is 7.77. The van der Waals surface area contributed by atoms with Gasteiger partial charge in [0.15, 0.2) is 0 Å². The maximum absolute atomic E-state index is 12.4. The number of amides is 1. The smallest absolute Gasteiger partial charge is 0.225 e. The number of nitrogens with zero attached hydrogens (tertiary/aromatic N) is 4. The van der Waals surface area contributed by atoms with Crippen LogP contribution in [0.1, 0.15) is 39.5 Å². The number of aromatic nitrogens is 2. The maximum atomic E-state index is 12.4. The number of carbonyl (C=O) groups is 1. The van der Waals surface area contributed by atoms with E-state index in [1.807, 2.05) is 11.0 Å².